The van der Waals surface area contributed by atoms with Gasteiger partial charge in [-0.25, -0.2) is 13.6 Å². The maximum absolute atomic E-state index is 13.4. The molecule has 7 heteroatoms. The molecule has 0 bridgehead atoms. The molecule has 2 saturated heterocycles. The lowest BCUT2D eigenvalue weighted by atomic mass is 9.78. The molecule has 3 unspecified atom stereocenters. The molecule has 0 aliphatic carbocycles. The summed E-state index contributed by atoms with van der Waals surface area (Å²) in [5.74, 6) is -1.05. The highest BCUT2D eigenvalue weighted by Crippen LogP contribution is 2.33. The number of amides is 2. The molecule has 0 radical (unpaired) electrons. The molecule has 2 heterocycles. The number of urea groups is 1. The maximum Gasteiger partial charge on any atom is 0.314 e. The number of hydrogen-bond acceptors (Lipinski definition) is 3. The largest absolute Gasteiger partial charge is 0.377 e. The van der Waals surface area contributed by atoms with E-state index in [4.69, 9.17) is 4.74 Å². The van der Waals surface area contributed by atoms with Crippen LogP contribution < -0.4 is 15.5 Å². The zero-order valence-corrected chi connectivity index (χ0v) is 17.6. The summed E-state index contributed by atoms with van der Waals surface area (Å²) in [6, 6.07) is 3.83. The summed E-state index contributed by atoms with van der Waals surface area (Å²) >= 11 is 0. The van der Waals surface area contributed by atoms with Gasteiger partial charge in [-0.1, -0.05) is 20.8 Å². The van der Waals surface area contributed by atoms with E-state index in [0.717, 1.165) is 38.5 Å². The number of carbonyl (C=O) groups excluding carboxylic acids is 1. The average Bonchev–Trinajstić information content (AvgIpc) is 3.15. The Morgan fingerprint density at radius 2 is 1.93 bits per heavy atom. The number of carbonyl (C=O) groups is 1. The predicted molar refractivity (Wildman–Crippen MR) is 110 cm³/mol. The first kappa shape index (κ1) is 21.8. The molecule has 0 saturated carbocycles. The van der Waals surface area contributed by atoms with Gasteiger partial charge in [0, 0.05) is 50.5 Å². The topological polar surface area (TPSA) is 53.6 Å². The van der Waals surface area contributed by atoms with Crippen molar-refractivity contribution in [1.29, 1.82) is 0 Å². The van der Waals surface area contributed by atoms with Crippen LogP contribution in [0.15, 0.2) is 18.2 Å². The molecule has 2 fully saturated rings. The number of rotatable bonds is 5. The van der Waals surface area contributed by atoms with Crippen LogP contribution in [0.3, 0.4) is 0 Å². The van der Waals surface area contributed by atoms with Gasteiger partial charge in [0.2, 0.25) is 0 Å². The predicted octanol–water partition coefficient (Wildman–Crippen LogP) is 3.93. The molecule has 2 amide bonds. The van der Waals surface area contributed by atoms with Crippen molar-refractivity contribution in [2.75, 3.05) is 37.7 Å². The molecule has 0 aromatic heterocycles. The Hall–Kier alpha value is -1.89. The smallest absolute Gasteiger partial charge is 0.314 e. The normalized spacial score (nSPS) is 25.1. The van der Waals surface area contributed by atoms with Crippen LogP contribution in [-0.4, -0.2) is 44.9 Å². The van der Waals surface area contributed by atoms with Gasteiger partial charge < -0.3 is 20.3 Å². The third kappa shape index (κ3) is 5.81. The Balaban J connectivity index is 1.41. The number of benzene rings is 1. The van der Waals surface area contributed by atoms with Gasteiger partial charge in [-0.15, -0.1) is 0 Å². The summed E-state index contributed by atoms with van der Waals surface area (Å²) in [5, 5.41) is 5.96. The zero-order chi connectivity index (χ0) is 21.0. The third-order valence-corrected chi connectivity index (χ3v) is 5.93. The van der Waals surface area contributed by atoms with E-state index < -0.39 is 11.6 Å². The lowest BCUT2D eigenvalue weighted by molar-refractivity contribution is -0.0837. The molecule has 1 aromatic rings. The number of ether oxygens (including phenoxy) is 1. The molecule has 1 aromatic carbocycles. The molecular formula is C22H33F2N3O2. The molecule has 3 atom stereocenters. The van der Waals surface area contributed by atoms with Crippen LogP contribution >= 0.6 is 0 Å². The Labute approximate surface area is 172 Å². The van der Waals surface area contributed by atoms with Crippen LogP contribution in [0.5, 0.6) is 0 Å². The lowest BCUT2D eigenvalue weighted by Crippen LogP contribution is -2.47. The maximum atomic E-state index is 13.4. The van der Waals surface area contributed by atoms with Gasteiger partial charge in [-0.3, -0.25) is 0 Å². The molecule has 162 valence electrons. The van der Waals surface area contributed by atoms with E-state index in [-0.39, 0.29) is 23.5 Å². The molecule has 2 aliphatic heterocycles. The van der Waals surface area contributed by atoms with Crippen LogP contribution in [0.1, 0.15) is 40.0 Å². The minimum atomic E-state index is -0.833. The third-order valence-electron chi connectivity index (χ3n) is 5.93. The summed E-state index contributed by atoms with van der Waals surface area (Å²) in [7, 11) is 0. The van der Waals surface area contributed by atoms with Crippen molar-refractivity contribution in [2.45, 2.75) is 46.1 Å². The Kier molecular flexibility index (Phi) is 6.98. The van der Waals surface area contributed by atoms with Crippen molar-refractivity contribution in [3.8, 4) is 0 Å². The Morgan fingerprint density at radius 1 is 1.17 bits per heavy atom. The molecule has 0 spiro atoms. The number of hydrogen-bond donors (Lipinski definition) is 2. The minimum Gasteiger partial charge on any atom is -0.377 e. The molecule has 2 N–H and O–H groups in total. The second-order valence-electron chi connectivity index (χ2n) is 9.35. The van der Waals surface area contributed by atoms with Gasteiger partial charge in [0.1, 0.15) is 0 Å². The second-order valence-corrected chi connectivity index (χ2v) is 9.35. The summed E-state index contributed by atoms with van der Waals surface area (Å²) in [6.07, 6.45) is 3.15. The summed E-state index contributed by atoms with van der Waals surface area (Å²) in [4.78, 5) is 14.3. The molecule has 29 heavy (non-hydrogen) atoms. The number of nitrogens with one attached hydrogen (secondary N) is 2. The van der Waals surface area contributed by atoms with Gasteiger partial charge in [0.15, 0.2) is 11.6 Å². The van der Waals surface area contributed by atoms with Crippen molar-refractivity contribution in [3.05, 3.63) is 29.8 Å². The lowest BCUT2D eigenvalue weighted by Gasteiger charge is -2.40. The van der Waals surface area contributed by atoms with Gasteiger partial charge in [-0.2, -0.15) is 0 Å². The fourth-order valence-corrected chi connectivity index (χ4v) is 4.45. The van der Waals surface area contributed by atoms with E-state index in [1.165, 1.54) is 6.07 Å². The van der Waals surface area contributed by atoms with Crippen molar-refractivity contribution in [2.24, 2.45) is 17.3 Å². The van der Waals surface area contributed by atoms with E-state index in [1.807, 2.05) is 4.90 Å². The van der Waals surface area contributed by atoms with E-state index >= 15 is 0 Å². The number of anilines is 1. The van der Waals surface area contributed by atoms with Crippen LogP contribution in [0, 0.1) is 28.9 Å². The highest BCUT2D eigenvalue weighted by atomic mass is 19.2. The quantitative estimate of drug-likeness (QED) is 0.775. The van der Waals surface area contributed by atoms with Gasteiger partial charge in [0.05, 0.1) is 6.10 Å². The second kappa shape index (κ2) is 9.28. The van der Waals surface area contributed by atoms with E-state index in [2.05, 4.69) is 31.4 Å². The van der Waals surface area contributed by atoms with Crippen LogP contribution in [0.4, 0.5) is 19.3 Å². The first-order valence-electron chi connectivity index (χ1n) is 10.6. The standard InChI is InChI=1S/C22H33F2N3O2/c1-22(2,3)20-16(5-4-10-29-20)13-26-21(28)25-12-15-8-9-27(14-15)17-6-7-18(23)19(24)11-17/h6-7,11,15-16,20H,4-5,8-10,12-14H2,1-3H3,(H2,25,26,28). The Bertz CT molecular complexity index is 708. The zero-order valence-electron chi connectivity index (χ0n) is 17.6. The first-order chi connectivity index (χ1) is 13.7. The van der Waals surface area contributed by atoms with Crippen molar-refractivity contribution in [1.82, 2.24) is 10.6 Å². The molecular weight excluding hydrogens is 376 g/mol. The highest BCUT2D eigenvalue weighted by Gasteiger charge is 2.35. The van der Waals surface area contributed by atoms with Crippen molar-refractivity contribution >= 4 is 11.7 Å². The molecule has 2 aliphatic rings. The first-order valence-corrected chi connectivity index (χ1v) is 10.6. The fraction of sp³-hybridized carbons (Fsp3) is 0.682. The van der Waals surface area contributed by atoms with E-state index in [1.54, 1.807) is 6.07 Å². The van der Waals surface area contributed by atoms with E-state index in [0.29, 0.717) is 31.2 Å². The summed E-state index contributed by atoms with van der Waals surface area (Å²) < 4.78 is 32.5. The van der Waals surface area contributed by atoms with Gasteiger partial charge in [-0.05, 0) is 42.7 Å². The van der Waals surface area contributed by atoms with Crippen LogP contribution in [0.2, 0.25) is 0 Å². The van der Waals surface area contributed by atoms with Crippen LogP contribution in [-0.2, 0) is 4.74 Å². The van der Waals surface area contributed by atoms with Gasteiger partial charge >= 0.3 is 6.03 Å². The number of halogens is 2. The Morgan fingerprint density at radius 3 is 2.66 bits per heavy atom. The van der Waals surface area contributed by atoms with Crippen LogP contribution in [0.25, 0.3) is 0 Å². The fourth-order valence-electron chi connectivity index (χ4n) is 4.45. The number of nitrogens with zero attached hydrogens (tertiary/aromatic N) is 1. The van der Waals surface area contributed by atoms with Crippen molar-refractivity contribution < 1.29 is 18.3 Å². The minimum absolute atomic E-state index is 0.0520. The molecule has 5 nitrogen and oxygen atoms in total. The monoisotopic (exact) mass is 409 g/mol. The van der Waals surface area contributed by atoms with E-state index in [9.17, 15) is 13.6 Å². The van der Waals surface area contributed by atoms with Gasteiger partial charge in [0.25, 0.3) is 0 Å². The molecule has 3 rings (SSSR count). The highest BCUT2D eigenvalue weighted by molar-refractivity contribution is 5.73. The SMILES string of the molecule is CC(C)(C)C1OCCCC1CNC(=O)NCC1CCN(c2ccc(F)c(F)c2)C1. The van der Waals surface area contributed by atoms with Crippen molar-refractivity contribution in [3.63, 3.8) is 0 Å². The summed E-state index contributed by atoms with van der Waals surface area (Å²) in [5.41, 5.74) is 0.734. The summed E-state index contributed by atoms with van der Waals surface area (Å²) in [6.45, 7) is 9.98. The average molecular weight is 410 g/mol.